The number of likely N-dealkylation sites (tertiary alicyclic amines) is 1. The monoisotopic (exact) mass is 342 g/mol. The molecule has 1 amide bonds. The Kier molecular flexibility index (Phi) is 5.74. The van der Waals surface area contributed by atoms with Crippen LogP contribution in [0.2, 0.25) is 0 Å². The van der Waals surface area contributed by atoms with Gasteiger partial charge in [0.2, 0.25) is 5.91 Å². The molecule has 1 N–H and O–H groups in total. The molecule has 1 aliphatic rings. The topological polar surface area (TPSA) is 50.2 Å². The van der Waals surface area contributed by atoms with Crippen LogP contribution in [0.3, 0.4) is 0 Å². The number of aromatic nitrogens is 2. The van der Waals surface area contributed by atoms with Gasteiger partial charge in [-0.1, -0.05) is 19.8 Å². The van der Waals surface area contributed by atoms with Crippen molar-refractivity contribution in [1.82, 2.24) is 14.5 Å². The third-order valence-corrected chi connectivity index (χ3v) is 4.95. The summed E-state index contributed by atoms with van der Waals surface area (Å²) in [4.78, 5) is 19.1. The Labute approximate surface area is 150 Å². The third-order valence-electron chi connectivity index (χ3n) is 4.95. The van der Waals surface area contributed by atoms with Crippen LogP contribution in [0.5, 0.6) is 0 Å². The quantitative estimate of drug-likeness (QED) is 0.879. The highest BCUT2D eigenvalue weighted by Gasteiger charge is 2.17. The summed E-state index contributed by atoms with van der Waals surface area (Å²) < 4.78 is 2.34. The van der Waals surface area contributed by atoms with Gasteiger partial charge < -0.3 is 9.88 Å². The van der Waals surface area contributed by atoms with Gasteiger partial charge in [-0.25, -0.2) is 4.98 Å². The van der Waals surface area contributed by atoms with Crippen molar-refractivity contribution in [3.05, 3.63) is 24.0 Å². The highest BCUT2D eigenvalue weighted by molar-refractivity contribution is 5.93. The number of imidazole rings is 1. The van der Waals surface area contributed by atoms with Gasteiger partial charge in [-0.05, 0) is 58.0 Å². The molecule has 1 aromatic heterocycles. The molecule has 3 rings (SSSR count). The zero-order chi connectivity index (χ0) is 17.8. The number of carbonyl (C=O) groups excluding carboxylic acids is 1. The van der Waals surface area contributed by atoms with E-state index in [1.165, 1.54) is 38.8 Å². The average Bonchev–Trinajstić information content (AvgIpc) is 2.75. The van der Waals surface area contributed by atoms with Gasteiger partial charge in [-0.15, -0.1) is 0 Å². The van der Waals surface area contributed by atoms with Crippen LogP contribution in [0.15, 0.2) is 18.2 Å². The van der Waals surface area contributed by atoms with E-state index in [1.807, 2.05) is 19.1 Å². The van der Waals surface area contributed by atoms with E-state index in [9.17, 15) is 4.79 Å². The Morgan fingerprint density at radius 1 is 1.20 bits per heavy atom. The second-order valence-corrected chi connectivity index (χ2v) is 7.29. The van der Waals surface area contributed by atoms with Crippen LogP contribution in [-0.2, 0) is 11.3 Å². The molecule has 1 saturated heterocycles. The number of hydrogen-bond acceptors (Lipinski definition) is 3. The van der Waals surface area contributed by atoms with Crippen LogP contribution < -0.4 is 5.32 Å². The standard InChI is InChI=1S/C20H30N4O/c1-4-20(25)21-16-9-10-18-17(13-16)22-19(24(18)15(2)3)14-23-11-7-5-6-8-12-23/h9-10,13,15H,4-8,11-12,14H2,1-3H3,(H,21,25). The van der Waals surface area contributed by atoms with Crippen LogP contribution in [0.4, 0.5) is 5.69 Å². The molecule has 0 saturated carbocycles. The maximum Gasteiger partial charge on any atom is 0.224 e. The van der Waals surface area contributed by atoms with Gasteiger partial charge in [-0.2, -0.15) is 0 Å². The zero-order valence-corrected chi connectivity index (χ0v) is 15.7. The molecule has 1 aliphatic heterocycles. The highest BCUT2D eigenvalue weighted by Crippen LogP contribution is 2.25. The fourth-order valence-electron chi connectivity index (χ4n) is 3.66. The van der Waals surface area contributed by atoms with E-state index in [0.717, 1.165) is 29.1 Å². The molecule has 0 spiro atoms. The molecule has 136 valence electrons. The molecule has 0 atom stereocenters. The SMILES string of the molecule is CCC(=O)Nc1ccc2c(c1)nc(CN1CCCCCC1)n2C(C)C. The first-order chi connectivity index (χ1) is 12.1. The van der Waals surface area contributed by atoms with E-state index in [1.54, 1.807) is 0 Å². The van der Waals surface area contributed by atoms with E-state index >= 15 is 0 Å². The minimum Gasteiger partial charge on any atom is -0.326 e. The summed E-state index contributed by atoms with van der Waals surface area (Å²) in [7, 11) is 0. The molecular weight excluding hydrogens is 312 g/mol. The lowest BCUT2D eigenvalue weighted by Gasteiger charge is -2.21. The minimum atomic E-state index is 0.0347. The zero-order valence-electron chi connectivity index (χ0n) is 15.7. The lowest BCUT2D eigenvalue weighted by atomic mass is 10.2. The predicted octanol–water partition coefficient (Wildman–Crippen LogP) is 4.34. The van der Waals surface area contributed by atoms with Gasteiger partial charge in [0, 0.05) is 18.2 Å². The van der Waals surface area contributed by atoms with Crippen LogP contribution in [0.1, 0.15) is 64.7 Å². The number of hydrogen-bond donors (Lipinski definition) is 1. The number of fused-ring (bicyclic) bond motifs is 1. The molecule has 5 nitrogen and oxygen atoms in total. The highest BCUT2D eigenvalue weighted by atomic mass is 16.1. The van der Waals surface area contributed by atoms with E-state index < -0.39 is 0 Å². The van der Waals surface area contributed by atoms with Crippen molar-refractivity contribution in [1.29, 1.82) is 0 Å². The average molecular weight is 342 g/mol. The van der Waals surface area contributed by atoms with E-state index in [2.05, 4.69) is 34.7 Å². The van der Waals surface area contributed by atoms with Gasteiger partial charge in [-0.3, -0.25) is 9.69 Å². The molecule has 5 heteroatoms. The van der Waals surface area contributed by atoms with Crippen LogP contribution in [0.25, 0.3) is 11.0 Å². The van der Waals surface area contributed by atoms with Gasteiger partial charge >= 0.3 is 0 Å². The molecule has 25 heavy (non-hydrogen) atoms. The number of nitrogens with zero attached hydrogens (tertiary/aromatic N) is 3. The number of nitrogens with one attached hydrogen (secondary N) is 1. The predicted molar refractivity (Wildman–Crippen MR) is 103 cm³/mol. The molecule has 2 heterocycles. The molecule has 1 aromatic carbocycles. The van der Waals surface area contributed by atoms with Crippen molar-refractivity contribution in [3.63, 3.8) is 0 Å². The van der Waals surface area contributed by atoms with E-state index in [4.69, 9.17) is 4.98 Å². The largest absolute Gasteiger partial charge is 0.326 e. The minimum absolute atomic E-state index is 0.0347. The second kappa shape index (κ2) is 8.00. The molecule has 2 aromatic rings. The van der Waals surface area contributed by atoms with Crippen LogP contribution in [-0.4, -0.2) is 33.4 Å². The van der Waals surface area contributed by atoms with Crippen molar-refractivity contribution in [2.45, 2.75) is 65.5 Å². The summed E-state index contributed by atoms with van der Waals surface area (Å²) >= 11 is 0. The Morgan fingerprint density at radius 2 is 1.92 bits per heavy atom. The van der Waals surface area contributed by atoms with Gasteiger partial charge in [0.05, 0.1) is 17.6 Å². The number of benzene rings is 1. The first-order valence-corrected chi connectivity index (χ1v) is 9.61. The van der Waals surface area contributed by atoms with E-state index in [0.29, 0.717) is 12.5 Å². The van der Waals surface area contributed by atoms with Gasteiger partial charge in [0.25, 0.3) is 0 Å². The first kappa shape index (κ1) is 17.9. The fraction of sp³-hybridized carbons (Fsp3) is 0.600. The molecule has 0 unspecified atom stereocenters. The van der Waals surface area contributed by atoms with Crippen molar-refractivity contribution in [2.75, 3.05) is 18.4 Å². The number of carbonyl (C=O) groups is 1. The Morgan fingerprint density at radius 3 is 2.56 bits per heavy atom. The summed E-state index contributed by atoms with van der Waals surface area (Å²) in [5, 5.41) is 2.93. The number of amides is 1. The van der Waals surface area contributed by atoms with Crippen molar-refractivity contribution >= 4 is 22.6 Å². The third kappa shape index (κ3) is 4.21. The lowest BCUT2D eigenvalue weighted by Crippen LogP contribution is -2.26. The summed E-state index contributed by atoms with van der Waals surface area (Å²) in [6.07, 6.45) is 5.75. The second-order valence-electron chi connectivity index (χ2n) is 7.29. The summed E-state index contributed by atoms with van der Waals surface area (Å²) in [5.74, 6) is 1.17. The van der Waals surface area contributed by atoms with Crippen molar-refractivity contribution < 1.29 is 4.79 Å². The molecule has 1 fully saturated rings. The van der Waals surface area contributed by atoms with Crippen LogP contribution in [0, 0.1) is 0 Å². The Balaban J connectivity index is 1.90. The fourth-order valence-corrected chi connectivity index (χ4v) is 3.66. The normalized spacial score (nSPS) is 16.3. The maximum atomic E-state index is 11.6. The summed E-state index contributed by atoms with van der Waals surface area (Å²) in [6, 6.07) is 6.42. The molecular formula is C20H30N4O. The van der Waals surface area contributed by atoms with E-state index in [-0.39, 0.29) is 5.91 Å². The van der Waals surface area contributed by atoms with Crippen molar-refractivity contribution in [3.8, 4) is 0 Å². The first-order valence-electron chi connectivity index (χ1n) is 9.61. The number of rotatable bonds is 5. The lowest BCUT2D eigenvalue weighted by molar-refractivity contribution is -0.115. The molecule has 0 bridgehead atoms. The Bertz CT molecular complexity index is 727. The van der Waals surface area contributed by atoms with Gasteiger partial charge in [0.15, 0.2) is 0 Å². The van der Waals surface area contributed by atoms with Crippen LogP contribution >= 0.6 is 0 Å². The maximum absolute atomic E-state index is 11.6. The smallest absolute Gasteiger partial charge is 0.224 e. The van der Waals surface area contributed by atoms with Crippen molar-refractivity contribution in [2.24, 2.45) is 0 Å². The molecule has 0 aliphatic carbocycles. The Hall–Kier alpha value is -1.88. The molecule has 0 radical (unpaired) electrons. The summed E-state index contributed by atoms with van der Waals surface area (Å²) in [5.41, 5.74) is 2.94. The summed E-state index contributed by atoms with van der Waals surface area (Å²) in [6.45, 7) is 9.52. The van der Waals surface area contributed by atoms with Gasteiger partial charge in [0.1, 0.15) is 5.82 Å². The number of anilines is 1.